The van der Waals surface area contributed by atoms with Crippen LogP contribution in [-0.2, 0) is 23.7 Å². The minimum Gasteiger partial charge on any atom is -0.373 e. The normalized spacial score (nSPS) is 15.0. The molecule has 0 fully saturated rings. The third-order valence-corrected chi connectivity index (χ3v) is 5.19. The van der Waals surface area contributed by atoms with Crippen molar-refractivity contribution in [2.75, 3.05) is 14.2 Å². The van der Waals surface area contributed by atoms with Crippen molar-refractivity contribution < 1.29 is 23.5 Å². The summed E-state index contributed by atoms with van der Waals surface area (Å²) in [4.78, 5) is 11.4. The molecule has 1 N–H and O–H groups in total. The number of hydrogen-bond acceptors (Lipinski definition) is 5. The maximum atomic E-state index is 12.6. The van der Waals surface area contributed by atoms with Crippen LogP contribution in [0, 0.1) is 6.92 Å². The van der Waals surface area contributed by atoms with Crippen LogP contribution in [0.15, 0.2) is 24.3 Å². The molecule has 0 heterocycles. The first-order chi connectivity index (χ1) is 8.79. The standard InChI is InChI=1S/C13H19O5P/c1-10-6-5-7-12(8-10)13(15,9-11(2)14)19(16,17-3)18-4/h5-8,15H,9H2,1-4H3. The molecule has 0 aliphatic heterocycles. The average molecular weight is 286 g/mol. The molecular formula is C13H19O5P. The number of benzene rings is 1. The monoisotopic (exact) mass is 286 g/mol. The number of aryl methyl sites for hydroxylation is 1. The predicted molar refractivity (Wildman–Crippen MR) is 72.0 cm³/mol. The molecule has 0 amide bonds. The van der Waals surface area contributed by atoms with Crippen molar-refractivity contribution in [3.05, 3.63) is 35.4 Å². The van der Waals surface area contributed by atoms with Crippen LogP contribution in [0.5, 0.6) is 0 Å². The smallest absolute Gasteiger partial charge is 0.366 e. The van der Waals surface area contributed by atoms with Crippen molar-refractivity contribution >= 4 is 13.4 Å². The molecule has 0 aromatic heterocycles. The van der Waals surface area contributed by atoms with Crippen LogP contribution in [0.4, 0.5) is 0 Å². The van der Waals surface area contributed by atoms with Gasteiger partial charge in [-0.25, -0.2) is 0 Å². The fourth-order valence-corrected chi connectivity index (χ4v) is 3.60. The molecule has 1 aromatic rings. The van der Waals surface area contributed by atoms with Gasteiger partial charge in [-0.3, -0.25) is 9.36 Å². The van der Waals surface area contributed by atoms with Gasteiger partial charge in [0.2, 0.25) is 0 Å². The van der Waals surface area contributed by atoms with Crippen LogP contribution in [0.3, 0.4) is 0 Å². The van der Waals surface area contributed by atoms with Crippen molar-refractivity contribution in [3.8, 4) is 0 Å². The zero-order valence-corrected chi connectivity index (χ0v) is 12.4. The van der Waals surface area contributed by atoms with E-state index in [2.05, 4.69) is 0 Å². The number of aliphatic hydroxyl groups is 1. The number of Topliss-reactive ketones (excluding diaryl/α,β-unsaturated/α-hetero) is 1. The minimum atomic E-state index is -3.86. The third kappa shape index (κ3) is 3.12. The SMILES string of the molecule is COP(=O)(OC)C(O)(CC(C)=O)c1cccc(C)c1. The van der Waals surface area contributed by atoms with E-state index in [-0.39, 0.29) is 12.2 Å². The molecule has 19 heavy (non-hydrogen) atoms. The van der Waals surface area contributed by atoms with Crippen LogP contribution in [0.1, 0.15) is 24.5 Å². The van der Waals surface area contributed by atoms with Gasteiger partial charge in [0.05, 0.1) is 6.42 Å². The van der Waals surface area contributed by atoms with E-state index in [1.54, 1.807) is 18.2 Å². The van der Waals surface area contributed by atoms with E-state index in [9.17, 15) is 14.5 Å². The molecule has 106 valence electrons. The number of rotatable bonds is 6. The maximum absolute atomic E-state index is 12.6. The Bertz CT molecular complexity index is 506. The fourth-order valence-electron chi connectivity index (χ4n) is 1.97. The van der Waals surface area contributed by atoms with Gasteiger partial charge in [0.25, 0.3) is 0 Å². The molecule has 5 nitrogen and oxygen atoms in total. The number of carbonyl (C=O) groups excluding carboxylic acids is 1. The van der Waals surface area contributed by atoms with Gasteiger partial charge in [0.1, 0.15) is 5.78 Å². The largest absolute Gasteiger partial charge is 0.373 e. The molecule has 0 spiro atoms. The third-order valence-electron chi connectivity index (χ3n) is 2.91. The lowest BCUT2D eigenvalue weighted by Crippen LogP contribution is -2.30. The van der Waals surface area contributed by atoms with Gasteiger partial charge < -0.3 is 14.2 Å². The molecule has 0 aliphatic rings. The second-order valence-electron chi connectivity index (χ2n) is 4.43. The van der Waals surface area contributed by atoms with Gasteiger partial charge >= 0.3 is 7.60 Å². The van der Waals surface area contributed by atoms with Crippen LogP contribution in [0.25, 0.3) is 0 Å². The number of ketones is 1. The summed E-state index contributed by atoms with van der Waals surface area (Å²) in [6, 6.07) is 6.81. The predicted octanol–water partition coefficient (Wildman–Crippen LogP) is 2.61. The van der Waals surface area contributed by atoms with Crippen molar-refractivity contribution in [2.24, 2.45) is 0 Å². The molecule has 1 aromatic carbocycles. The Balaban J connectivity index is 3.43. The number of hydrogen-bond donors (Lipinski definition) is 1. The molecule has 0 bridgehead atoms. The summed E-state index contributed by atoms with van der Waals surface area (Å²) < 4.78 is 22.3. The second-order valence-corrected chi connectivity index (χ2v) is 6.89. The summed E-state index contributed by atoms with van der Waals surface area (Å²) >= 11 is 0. The molecule has 0 saturated heterocycles. The summed E-state index contributed by atoms with van der Waals surface area (Å²) in [7, 11) is -1.49. The van der Waals surface area contributed by atoms with E-state index in [0.29, 0.717) is 5.56 Å². The van der Waals surface area contributed by atoms with E-state index in [0.717, 1.165) is 5.56 Å². The maximum Gasteiger partial charge on any atom is 0.366 e. The van der Waals surface area contributed by atoms with Crippen molar-refractivity contribution in [1.82, 2.24) is 0 Å². The lowest BCUT2D eigenvalue weighted by atomic mass is 10.0. The summed E-state index contributed by atoms with van der Waals surface area (Å²) in [5, 5.41) is 8.78. The first-order valence-corrected chi connectivity index (χ1v) is 7.34. The highest BCUT2D eigenvalue weighted by Crippen LogP contribution is 2.64. The van der Waals surface area contributed by atoms with Gasteiger partial charge in [-0.05, 0) is 19.4 Å². The highest BCUT2D eigenvalue weighted by Gasteiger charge is 2.51. The molecule has 0 aliphatic carbocycles. The van der Waals surface area contributed by atoms with E-state index in [4.69, 9.17) is 9.05 Å². The highest BCUT2D eigenvalue weighted by atomic mass is 31.2. The van der Waals surface area contributed by atoms with Crippen molar-refractivity contribution in [2.45, 2.75) is 25.6 Å². The summed E-state index contributed by atoms with van der Waals surface area (Å²) in [5.41, 5.74) is 1.22. The van der Waals surface area contributed by atoms with Gasteiger partial charge in [-0.15, -0.1) is 0 Å². The van der Waals surface area contributed by atoms with Gasteiger partial charge in [0, 0.05) is 14.2 Å². The molecule has 6 heteroatoms. The summed E-state index contributed by atoms with van der Waals surface area (Å²) in [6.07, 6.45) is -0.338. The number of carbonyl (C=O) groups is 1. The van der Waals surface area contributed by atoms with Gasteiger partial charge in [0.15, 0.2) is 5.34 Å². The van der Waals surface area contributed by atoms with E-state index in [1.807, 2.05) is 13.0 Å². The van der Waals surface area contributed by atoms with Gasteiger partial charge in [-0.2, -0.15) is 0 Å². The quantitative estimate of drug-likeness (QED) is 0.814. The Morgan fingerprint density at radius 3 is 2.37 bits per heavy atom. The first-order valence-electron chi connectivity index (χ1n) is 5.79. The van der Waals surface area contributed by atoms with E-state index in [1.165, 1.54) is 21.1 Å². The summed E-state index contributed by atoms with van der Waals surface area (Å²) in [5.74, 6) is -0.307. The molecule has 0 saturated carbocycles. The summed E-state index contributed by atoms with van der Waals surface area (Å²) in [6.45, 7) is 3.15. The molecular weight excluding hydrogens is 267 g/mol. The lowest BCUT2D eigenvalue weighted by Gasteiger charge is -2.33. The van der Waals surface area contributed by atoms with Crippen LogP contribution >= 0.6 is 7.60 Å². The van der Waals surface area contributed by atoms with Crippen LogP contribution in [-0.4, -0.2) is 25.1 Å². The molecule has 1 atom stereocenters. The zero-order chi connectivity index (χ0) is 14.7. The van der Waals surface area contributed by atoms with Crippen molar-refractivity contribution in [1.29, 1.82) is 0 Å². The Labute approximate surface area is 113 Å². The van der Waals surface area contributed by atoms with Gasteiger partial charge in [-0.1, -0.05) is 29.8 Å². The molecule has 0 radical (unpaired) electrons. The average Bonchev–Trinajstić information content (AvgIpc) is 2.36. The van der Waals surface area contributed by atoms with E-state index < -0.39 is 12.9 Å². The Morgan fingerprint density at radius 2 is 1.95 bits per heavy atom. The minimum absolute atomic E-state index is 0.307. The van der Waals surface area contributed by atoms with E-state index >= 15 is 0 Å². The molecule has 1 rings (SSSR count). The Morgan fingerprint density at radius 1 is 1.37 bits per heavy atom. The lowest BCUT2D eigenvalue weighted by molar-refractivity contribution is -0.120. The fraction of sp³-hybridized carbons (Fsp3) is 0.462. The first kappa shape index (κ1) is 16.1. The topological polar surface area (TPSA) is 72.8 Å². The van der Waals surface area contributed by atoms with Crippen LogP contribution in [0.2, 0.25) is 0 Å². The Kier molecular flexibility index (Phi) is 5.04. The highest BCUT2D eigenvalue weighted by molar-refractivity contribution is 7.54. The second kappa shape index (κ2) is 5.97. The Hall–Kier alpha value is -1.00. The molecule has 1 unspecified atom stereocenters. The zero-order valence-electron chi connectivity index (χ0n) is 11.5. The van der Waals surface area contributed by atoms with Crippen LogP contribution < -0.4 is 0 Å². The van der Waals surface area contributed by atoms with Crippen molar-refractivity contribution in [3.63, 3.8) is 0 Å².